The average Bonchev–Trinajstić information content (AvgIpc) is 2.93. The van der Waals surface area contributed by atoms with Gasteiger partial charge < -0.3 is 10.6 Å². The molecule has 0 radical (unpaired) electrons. The number of rotatable bonds is 7. The molecule has 3 rings (SSSR count). The molecule has 1 saturated heterocycles. The lowest BCUT2D eigenvalue weighted by Gasteiger charge is -2.22. The van der Waals surface area contributed by atoms with Crippen LogP contribution in [0, 0.1) is 10.1 Å². The predicted octanol–water partition coefficient (Wildman–Crippen LogP) is 2.95. The highest BCUT2D eigenvalue weighted by Crippen LogP contribution is 2.29. The second-order valence-corrected chi connectivity index (χ2v) is 7.25. The monoisotopic (exact) mass is 410 g/mol. The van der Waals surface area contributed by atoms with Crippen LogP contribution in [0.1, 0.15) is 31.4 Å². The number of carbonyl (C=O) groups is 3. The summed E-state index contributed by atoms with van der Waals surface area (Å²) in [5, 5.41) is 16.0. The summed E-state index contributed by atoms with van der Waals surface area (Å²) in [5.74, 6) is -1.17. The van der Waals surface area contributed by atoms with E-state index in [2.05, 4.69) is 17.6 Å². The molecule has 1 aliphatic rings. The smallest absolute Gasteiger partial charge is 0.324 e. The second kappa shape index (κ2) is 8.32. The van der Waals surface area contributed by atoms with Crippen LogP contribution in [0.5, 0.6) is 0 Å². The molecular formula is C21H22N4O5. The highest BCUT2D eigenvalue weighted by Gasteiger charge is 2.49. The van der Waals surface area contributed by atoms with Gasteiger partial charge in [-0.2, -0.15) is 0 Å². The number of urea groups is 1. The third-order valence-corrected chi connectivity index (χ3v) is 4.99. The van der Waals surface area contributed by atoms with E-state index in [0.717, 1.165) is 23.3 Å². The SMILES string of the molecule is CCCc1ccc([C@]2(C)NC(=O)N(CC(=O)Nc3cccc([N+](=O)[O-])c3)C2=O)cc1. The molecule has 1 aliphatic heterocycles. The fourth-order valence-electron chi connectivity index (χ4n) is 3.37. The van der Waals surface area contributed by atoms with E-state index in [-0.39, 0.29) is 11.4 Å². The Labute approximate surface area is 173 Å². The van der Waals surface area contributed by atoms with E-state index in [1.165, 1.54) is 24.3 Å². The molecule has 9 heteroatoms. The molecule has 2 aromatic carbocycles. The van der Waals surface area contributed by atoms with Crippen molar-refractivity contribution in [3.8, 4) is 0 Å². The van der Waals surface area contributed by atoms with Gasteiger partial charge in [0.2, 0.25) is 5.91 Å². The van der Waals surface area contributed by atoms with Gasteiger partial charge in [0.25, 0.3) is 11.6 Å². The van der Waals surface area contributed by atoms with Crippen molar-refractivity contribution in [3.63, 3.8) is 0 Å². The zero-order chi connectivity index (χ0) is 21.9. The van der Waals surface area contributed by atoms with Gasteiger partial charge >= 0.3 is 6.03 Å². The van der Waals surface area contributed by atoms with E-state index in [4.69, 9.17) is 0 Å². The molecule has 30 heavy (non-hydrogen) atoms. The summed E-state index contributed by atoms with van der Waals surface area (Å²) in [6.45, 7) is 3.17. The summed E-state index contributed by atoms with van der Waals surface area (Å²) in [6, 6.07) is 12.2. The molecule has 1 heterocycles. The maximum atomic E-state index is 13.0. The standard InChI is InChI=1S/C21H22N4O5/c1-3-5-14-8-10-15(11-9-14)21(2)19(27)24(20(28)23-21)13-18(26)22-16-6-4-7-17(12-16)25(29)30/h4,6-12H,3,5,13H2,1-2H3,(H,22,26)(H,23,28)/t21-/m0/s1. The Kier molecular flexibility index (Phi) is 5.81. The van der Waals surface area contributed by atoms with Gasteiger partial charge in [-0.15, -0.1) is 0 Å². The quantitative estimate of drug-likeness (QED) is 0.413. The van der Waals surface area contributed by atoms with E-state index in [1.54, 1.807) is 19.1 Å². The van der Waals surface area contributed by atoms with E-state index in [0.29, 0.717) is 5.56 Å². The first kappa shape index (κ1) is 21.0. The Bertz CT molecular complexity index is 1000. The molecule has 0 bridgehead atoms. The van der Waals surface area contributed by atoms with Gasteiger partial charge in [0, 0.05) is 17.8 Å². The fourth-order valence-corrected chi connectivity index (χ4v) is 3.37. The van der Waals surface area contributed by atoms with Crippen molar-refractivity contribution in [2.75, 3.05) is 11.9 Å². The lowest BCUT2D eigenvalue weighted by molar-refractivity contribution is -0.384. The van der Waals surface area contributed by atoms with Gasteiger partial charge in [-0.05, 0) is 30.5 Å². The van der Waals surface area contributed by atoms with Crippen molar-refractivity contribution in [2.45, 2.75) is 32.2 Å². The van der Waals surface area contributed by atoms with Crippen molar-refractivity contribution in [2.24, 2.45) is 0 Å². The van der Waals surface area contributed by atoms with Crippen LogP contribution < -0.4 is 10.6 Å². The summed E-state index contributed by atoms with van der Waals surface area (Å²) in [6.07, 6.45) is 1.92. The van der Waals surface area contributed by atoms with Crippen LogP contribution in [0.2, 0.25) is 0 Å². The number of nitro groups is 1. The maximum absolute atomic E-state index is 13.0. The second-order valence-electron chi connectivity index (χ2n) is 7.25. The van der Waals surface area contributed by atoms with Crippen LogP contribution >= 0.6 is 0 Å². The number of hydrogen-bond donors (Lipinski definition) is 2. The van der Waals surface area contributed by atoms with E-state index >= 15 is 0 Å². The van der Waals surface area contributed by atoms with Gasteiger partial charge in [0.1, 0.15) is 12.1 Å². The van der Waals surface area contributed by atoms with Crippen molar-refractivity contribution >= 4 is 29.2 Å². The Morgan fingerprint density at radius 2 is 1.90 bits per heavy atom. The van der Waals surface area contributed by atoms with E-state index in [9.17, 15) is 24.5 Å². The summed E-state index contributed by atoms with van der Waals surface area (Å²) in [7, 11) is 0. The molecule has 0 unspecified atom stereocenters. The van der Waals surface area contributed by atoms with Crippen LogP contribution in [-0.4, -0.2) is 34.2 Å². The molecule has 9 nitrogen and oxygen atoms in total. The Morgan fingerprint density at radius 3 is 2.53 bits per heavy atom. The summed E-state index contributed by atoms with van der Waals surface area (Å²) in [5.41, 5.74) is 0.516. The lowest BCUT2D eigenvalue weighted by atomic mass is 9.91. The third kappa shape index (κ3) is 4.14. The number of non-ortho nitro benzene ring substituents is 1. The van der Waals surface area contributed by atoms with Crippen LogP contribution in [-0.2, 0) is 21.5 Å². The molecule has 0 aliphatic carbocycles. The normalized spacial score (nSPS) is 18.3. The first-order chi connectivity index (χ1) is 14.2. The Hall–Kier alpha value is -3.75. The van der Waals surface area contributed by atoms with Crippen LogP contribution in [0.15, 0.2) is 48.5 Å². The average molecular weight is 410 g/mol. The highest BCUT2D eigenvalue weighted by atomic mass is 16.6. The molecule has 4 amide bonds. The summed E-state index contributed by atoms with van der Waals surface area (Å²) < 4.78 is 0. The number of hydrogen-bond acceptors (Lipinski definition) is 5. The van der Waals surface area contributed by atoms with Gasteiger partial charge in [-0.1, -0.05) is 43.7 Å². The molecule has 1 fully saturated rings. The van der Waals surface area contributed by atoms with E-state index in [1.807, 2.05) is 12.1 Å². The summed E-state index contributed by atoms with van der Waals surface area (Å²) in [4.78, 5) is 48.8. The van der Waals surface area contributed by atoms with Gasteiger partial charge in [-0.25, -0.2) is 4.79 Å². The van der Waals surface area contributed by atoms with Crippen molar-refractivity contribution in [3.05, 3.63) is 69.8 Å². The fraction of sp³-hybridized carbons (Fsp3) is 0.286. The molecule has 0 aromatic heterocycles. The number of nitrogens with zero attached hydrogens (tertiary/aromatic N) is 2. The minimum Gasteiger partial charge on any atom is -0.324 e. The van der Waals surface area contributed by atoms with Gasteiger partial charge in [0.05, 0.1) is 4.92 Å². The number of aryl methyl sites for hydroxylation is 1. The zero-order valence-corrected chi connectivity index (χ0v) is 16.7. The molecule has 2 N–H and O–H groups in total. The number of carbonyl (C=O) groups excluding carboxylic acids is 3. The third-order valence-electron chi connectivity index (χ3n) is 4.99. The predicted molar refractivity (Wildman–Crippen MR) is 110 cm³/mol. The first-order valence-corrected chi connectivity index (χ1v) is 9.52. The molecule has 0 spiro atoms. The molecule has 2 aromatic rings. The number of nitro benzene ring substituents is 1. The topological polar surface area (TPSA) is 122 Å². The largest absolute Gasteiger partial charge is 0.325 e. The Balaban J connectivity index is 1.72. The highest BCUT2D eigenvalue weighted by molar-refractivity contribution is 6.10. The van der Waals surface area contributed by atoms with Crippen LogP contribution in [0.25, 0.3) is 0 Å². The van der Waals surface area contributed by atoms with E-state index < -0.39 is 34.9 Å². The van der Waals surface area contributed by atoms with Crippen LogP contribution in [0.4, 0.5) is 16.2 Å². The summed E-state index contributed by atoms with van der Waals surface area (Å²) >= 11 is 0. The Morgan fingerprint density at radius 1 is 1.20 bits per heavy atom. The van der Waals surface area contributed by atoms with Crippen molar-refractivity contribution in [1.29, 1.82) is 0 Å². The molecule has 0 saturated carbocycles. The van der Waals surface area contributed by atoms with Gasteiger partial charge in [0.15, 0.2) is 0 Å². The molecule has 1 atom stereocenters. The van der Waals surface area contributed by atoms with Crippen molar-refractivity contribution in [1.82, 2.24) is 10.2 Å². The number of benzene rings is 2. The lowest BCUT2D eigenvalue weighted by Crippen LogP contribution is -2.42. The molecular weight excluding hydrogens is 388 g/mol. The minimum atomic E-state index is -1.27. The molecule has 156 valence electrons. The number of anilines is 1. The number of amides is 4. The number of imide groups is 1. The first-order valence-electron chi connectivity index (χ1n) is 9.52. The van der Waals surface area contributed by atoms with Gasteiger partial charge in [-0.3, -0.25) is 24.6 Å². The van der Waals surface area contributed by atoms with Crippen LogP contribution in [0.3, 0.4) is 0 Å². The number of nitrogens with one attached hydrogen (secondary N) is 2. The zero-order valence-electron chi connectivity index (χ0n) is 16.7. The minimum absolute atomic E-state index is 0.179. The van der Waals surface area contributed by atoms with Crippen molar-refractivity contribution < 1.29 is 19.3 Å². The maximum Gasteiger partial charge on any atom is 0.325 e.